The monoisotopic (exact) mass is 224 g/mol. The highest BCUT2D eigenvalue weighted by atomic mass is 14.9. The Bertz CT molecular complexity index is 449. The van der Waals surface area contributed by atoms with E-state index in [-0.39, 0.29) is 0 Å². The van der Waals surface area contributed by atoms with Crippen LogP contribution in [0.3, 0.4) is 0 Å². The minimum atomic E-state index is 0.782. The van der Waals surface area contributed by atoms with Crippen molar-refractivity contribution in [2.45, 2.75) is 0 Å². The van der Waals surface area contributed by atoms with Gasteiger partial charge in [0.2, 0.25) is 0 Å². The molecule has 86 valence electrons. The predicted molar refractivity (Wildman–Crippen MR) is 73.8 cm³/mol. The van der Waals surface area contributed by atoms with E-state index in [0.717, 1.165) is 24.3 Å². The molecule has 0 aliphatic rings. The van der Waals surface area contributed by atoms with Gasteiger partial charge in [-0.1, -0.05) is 48.5 Å². The van der Waals surface area contributed by atoms with Gasteiger partial charge in [-0.05, 0) is 17.7 Å². The normalized spacial score (nSPS) is 10.6. The Morgan fingerprint density at radius 3 is 2.24 bits per heavy atom. The van der Waals surface area contributed by atoms with Gasteiger partial charge in [0.05, 0.1) is 6.54 Å². The molecular formula is C15H16N2. The van der Waals surface area contributed by atoms with Gasteiger partial charge in [0.15, 0.2) is 0 Å². The summed E-state index contributed by atoms with van der Waals surface area (Å²) < 4.78 is 0. The molecule has 0 atom stereocenters. The topological polar surface area (TPSA) is 24.4 Å². The molecule has 0 aromatic heterocycles. The lowest BCUT2D eigenvalue weighted by atomic mass is 10.2. The van der Waals surface area contributed by atoms with E-state index in [0.29, 0.717) is 0 Å². The highest BCUT2D eigenvalue weighted by Crippen LogP contribution is 2.03. The SMILES string of the molecule is C(=NCCNc1ccccc1)c1ccccc1. The molecule has 17 heavy (non-hydrogen) atoms. The zero-order valence-corrected chi connectivity index (χ0v) is 9.71. The Balaban J connectivity index is 1.72. The van der Waals surface area contributed by atoms with Gasteiger partial charge in [0.25, 0.3) is 0 Å². The van der Waals surface area contributed by atoms with Crippen molar-refractivity contribution in [1.82, 2.24) is 0 Å². The summed E-state index contributed by atoms with van der Waals surface area (Å²) in [5.74, 6) is 0. The van der Waals surface area contributed by atoms with Crippen LogP contribution in [0.5, 0.6) is 0 Å². The van der Waals surface area contributed by atoms with Crippen LogP contribution in [0.2, 0.25) is 0 Å². The molecule has 1 N–H and O–H groups in total. The molecule has 0 heterocycles. The molecule has 2 nitrogen and oxygen atoms in total. The summed E-state index contributed by atoms with van der Waals surface area (Å²) in [4.78, 5) is 4.37. The van der Waals surface area contributed by atoms with E-state index in [9.17, 15) is 0 Å². The molecular weight excluding hydrogens is 208 g/mol. The van der Waals surface area contributed by atoms with Crippen molar-refractivity contribution in [2.24, 2.45) is 4.99 Å². The summed E-state index contributed by atoms with van der Waals surface area (Å²) in [6.45, 7) is 1.64. The lowest BCUT2D eigenvalue weighted by Crippen LogP contribution is -2.04. The maximum absolute atomic E-state index is 4.37. The third-order valence-electron chi connectivity index (χ3n) is 2.38. The number of aliphatic imine (C=N–C) groups is 1. The molecule has 0 fully saturated rings. The van der Waals surface area contributed by atoms with E-state index in [1.54, 1.807) is 0 Å². The van der Waals surface area contributed by atoms with Crippen molar-refractivity contribution >= 4 is 11.9 Å². The number of anilines is 1. The molecule has 2 aromatic rings. The second kappa shape index (κ2) is 6.48. The van der Waals surface area contributed by atoms with E-state index in [2.05, 4.69) is 22.4 Å². The molecule has 0 bridgehead atoms. The van der Waals surface area contributed by atoms with Gasteiger partial charge in [-0.2, -0.15) is 0 Å². The van der Waals surface area contributed by atoms with Crippen molar-refractivity contribution in [3.8, 4) is 0 Å². The third-order valence-corrected chi connectivity index (χ3v) is 2.38. The average molecular weight is 224 g/mol. The Morgan fingerprint density at radius 1 is 0.882 bits per heavy atom. The maximum Gasteiger partial charge on any atom is 0.0562 e. The standard InChI is InChI=1S/C15H16N2/c1-3-7-14(8-4-1)13-16-11-12-17-15-9-5-2-6-10-15/h1-10,13,17H,11-12H2. The zero-order chi connectivity index (χ0) is 11.8. The molecule has 0 unspecified atom stereocenters. The summed E-state index contributed by atoms with van der Waals surface area (Å²) in [5.41, 5.74) is 2.29. The summed E-state index contributed by atoms with van der Waals surface area (Å²) in [7, 11) is 0. The van der Waals surface area contributed by atoms with Gasteiger partial charge in [0, 0.05) is 18.4 Å². The summed E-state index contributed by atoms with van der Waals surface area (Å²) in [6, 6.07) is 20.3. The molecule has 2 aromatic carbocycles. The van der Waals surface area contributed by atoms with Crippen LogP contribution in [0, 0.1) is 0 Å². The first-order chi connectivity index (χ1) is 8.45. The molecule has 0 spiro atoms. The average Bonchev–Trinajstić information content (AvgIpc) is 2.41. The van der Waals surface area contributed by atoms with Gasteiger partial charge in [-0.25, -0.2) is 0 Å². The summed E-state index contributed by atoms with van der Waals surface area (Å²) in [6.07, 6.45) is 1.91. The van der Waals surface area contributed by atoms with Gasteiger partial charge in [0.1, 0.15) is 0 Å². The molecule has 2 rings (SSSR count). The summed E-state index contributed by atoms with van der Waals surface area (Å²) >= 11 is 0. The first-order valence-corrected chi connectivity index (χ1v) is 5.79. The molecule has 0 radical (unpaired) electrons. The van der Waals surface area contributed by atoms with E-state index < -0.39 is 0 Å². The quantitative estimate of drug-likeness (QED) is 0.612. The van der Waals surface area contributed by atoms with Crippen molar-refractivity contribution < 1.29 is 0 Å². The minimum Gasteiger partial charge on any atom is -0.383 e. The number of hydrogen-bond acceptors (Lipinski definition) is 2. The highest BCUT2D eigenvalue weighted by Gasteiger charge is 1.87. The number of benzene rings is 2. The Hall–Kier alpha value is -2.09. The van der Waals surface area contributed by atoms with E-state index >= 15 is 0 Å². The number of rotatable bonds is 5. The molecule has 0 saturated carbocycles. The van der Waals surface area contributed by atoms with Crippen LogP contribution >= 0.6 is 0 Å². The van der Waals surface area contributed by atoms with Crippen LogP contribution in [0.4, 0.5) is 5.69 Å². The number of nitrogens with zero attached hydrogens (tertiary/aromatic N) is 1. The number of nitrogens with one attached hydrogen (secondary N) is 1. The summed E-state index contributed by atoms with van der Waals surface area (Å²) in [5, 5.41) is 3.32. The van der Waals surface area contributed by atoms with Crippen molar-refractivity contribution in [2.75, 3.05) is 18.4 Å². The van der Waals surface area contributed by atoms with Crippen LogP contribution < -0.4 is 5.32 Å². The molecule has 2 heteroatoms. The van der Waals surface area contributed by atoms with Gasteiger partial charge >= 0.3 is 0 Å². The van der Waals surface area contributed by atoms with Crippen LogP contribution in [0.15, 0.2) is 65.7 Å². The van der Waals surface area contributed by atoms with Crippen LogP contribution in [-0.4, -0.2) is 19.3 Å². The van der Waals surface area contributed by atoms with Gasteiger partial charge < -0.3 is 5.32 Å². The van der Waals surface area contributed by atoms with Gasteiger partial charge in [-0.15, -0.1) is 0 Å². The van der Waals surface area contributed by atoms with E-state index in [1.165, 1.54) is 0 Å². The van der Waals surface area contributed by atoms with Crippen molar-refractivity contribution in [3.05, 3.63) is 66.2 Å². The lowest BCUT2D eigenvalue weighted by molar-refractivity contribution is 1.03. The van der Waals surface area contributed by atoms with Crippen LogP contribution in [0.25, 0.3) is 0 Å². The fraction of sp³-hybridized carbons (Fsp3) is 0.133. The Morgan fingerprint density at radius 2 is 1.53 bits per heavy atom. The Labute approximate surface area is 102 Å². The molecule has 0 saturated heterocycles. The third kappa shape index (κ3) is 4.11. The maximum atomic E-state index is 4.37. The number of para-hydroxylation sites is 1. The zero-order valence-electron chi connectivity index (χ0n) is 9.71. The predicted octanol–water partition coefficient (Wildman–Crippen LogP) is 3.22. The fourth-order valence-electron chi connectivity index (χ4n) is 1.53. The van der Waals surface area contributed by atoms with Gasteiger partial charge in [-0.3, -0.25) is 4.99 Å². The van der Waals surface area contributed by atoms with Crippen LogP contribution in [0.1, 0.15) is 5.56 Å². The highest BCUT2D eigenvalue weighted by molar-refractivity contribution is 5.79. The van der Waals surface area contributed by atoms with E-state index in [1.807, 2.05) is 54.7 Å². The molecule has 0 aliphatic carbocycles. The molecule has 0 amide bonds. The minimum absolute atomic E-state index is 0.782. The van der Waals surface area contributed by atoms with Crippen LogP contribution in [-0.2, 0) is 0 Å². The fourth-order valence-corrected chi connectivity index (χ4v) is 1.53. The van der Waals surface area contributed by atoms with E-state index in [4.69, 9.17) is 0 Å². The first-order valence-electron chi connectivity index (χ1n) is 5.79. The number of hydrogen-bond donors (Lipinski definition) is 1. The Kier molecular flexibility index (Phi) is 4.35. The lowest BCUT2D eigenvalue weighted by Gasteiger charge is -2.02. The second-order valence-corrected chi connectivity index (χ2v) is 3.74. The van der Waals surface area contributed by atoms with Crippen molar-refractivity contribution in [3.63, 3.8) is 0 Å². The first kappa shape index (κ1) is 11.4. The van der Waals surface area contributed by atoms with Crippen molar-refractivity contribution in [1.29, 1.82) is 0 Å². The smallest absolute Gasteiger partial charge is 0.0562 e. The largest absolute Gasteiger partial charge is 0.383 e. The molecule has 0 aliphatic heterocycles. The second-order valence-electron chi connectivity index (χ2n) is 3.74.